The molecule has 0 amide bonds. The molecule has 0 atom stereocenters. The molecule has 0 aliphatic heterocycles. The highest BCUT2D eigenvalue weighted by atomic mass is 14.9. The van der Waals surface area contributed by atoms with E-state index in [1.165, 1.54) is 189 Å². The van der Waals surface area contributed by atoms with Gasteiger partial charge in [0.2, 0.25) is 0 Å². The highest BCUT2D eigenvalue weighted by molar-refractivity contribution is 5.61. The molecule has 0 aliphatic carbocycles. The average Bonchev–Trinajstić information content (AvgIpc) is 3.24. The third kappa shape index (κ3) is 19.6. The first-order valence-electron chi connectivity index (χ1n) is 23.7. The van der Waals surface area contributed by atoms with Crippen molar-refractivity contribution < 1.29 is 18.3 Å². The molecule has 0 fully saturated rings. The van der Waals surface area contributed by atoms with Crippen LogP contribution in [-0.4, -0.2) is 0 Å². The molecular formula is C52H82N4+4. The van der Waals surface area contributed by atoms with Crippen LogP contribution in [0.4, 0.5) is 0 Å². The molecule has 0 saturated heterocycles. The second-order valence-corrected chi connectivity index (χ2v) is 16.8. The lowest BCUT2D eigenvalue weighted by Crippen LogP contribution is -2.35. The van der Waals surface area contributed by atoms with Crippen LogP contribution >= 0.6 is 0 Å². The molecule has 4 heteroatoms. The van der Waals surface area contributed by atoms with E-state index in [-0.39, 0.29) is 0 Å². The van der Waals surface area contributed by atoms with Gasteiger partial charge in [-0.05, 0) is 35.1 Å². The molecule has 0 bridgehead atoms. The zero-order valence-corrected chi connectivity index (χ0v) is 36.2. The van der Waals surface area contributed by atoms with Crippen LogP contribution in [0.2, 0.25) is 0 Å². The molecule has 0 saturated carbocycles. The standard InChI is InChI=1S/C52H82N4/c1-3-5-7-9-11-13-15-17-19-21-23-25-37-53-41-29-49(30-42-53)51-33-45-55(46-34-51)39-27-28-40-56-47-35-52(36-48-56)50-31-43-54(44-32-50)38-26-24-22-20-18-16-14-12-10-8-6-4-2/h29-36,41-48H,3-28,37-40H2,1-2H3/q+4. The number of rotatable bonds is 33. The third-order valence-corrected chi connectivity index (χ3v) is 11.9. The minimum Gasteiger partial charge on any atom is -0.205 e. The maximum atomic E-state index is 2.35. The summed E-state index contributed by atoms with van der Waals surface area (Å²) in [5, 5.41) is 0. The Morgan fingerprint density at radius 3 is 0.589 bits per heavy atom. The summed E-state index contributed by atoms with van der Waals surface area (Å²) >= 11 is 0. The van der Waals surface area contributed by atoms with Crippen LogP contribution in [0.5, 0.6) is 0 Å². The van der Waals surface area contributed by atoms with E-state index in [1.54, 1.807) is 0 Å². The van der Waals surface area contributed by atoms with E-state index in [1.807, 2.05) is 0 Å². The minimum atomic E-state index is 1.05. The first-order chi connectivity index (χ1) is 27.7. The Kier molecular flexibility index (Phi) is 24.1. The van der Waals surface area contributed by atoms with Crippen molar-refractivity contribution in [3.63, 3.8) is 0 Å². The Bertz CT molecular complexity index is 1380. The fourth-order valence-corrected chi connectivity index (χ4v) is 8.05. The van der Waals surface area contributed by atoms with E-state index >= 15 is 0 Å². The number of pyridine rings is 4. The first-order valence-corrected chi connectivity index (χ1v) is 23.7. The van der Waals surface area contributed by atoms with Crippen molar-refractivity contribution in [2.75, 3.05) is 0 Å². The van der Waals surface area contributed by atoms with Crippen LogP contribution in [0.1, 0.15) is 181 Å². The summed E-state index contributed by atoms with van der Waals surface area (Å²) in [5.74, 6) is 0. The molecule has 4 aromatic rings. The van der Waals surface area contributed by atoms with Crippen LogP contribution < -0.4 is 18.3 Å². The Hall–Kier alpha value is -3.40. The minimum absolute atomic E-state index is 1.05. The monoisotopic (exact) mass is 763 g/mol. The van der Waals surface area contributed by atoms with Gasteiger partial charge in [-0.15, -0.1) is 0 Å². The summed E-state index contributed by atoms with van der Waals surface area (Å²) in [6.07, 6.45) is 54.0. The maximum Gasteiger partial charge on any atom is 0.169 e. The van der Waals surface area contributed by atoms with Crippen LogP contribution in [0.25, 0.3) is 22.3 Å². The number of aromatic nitrogens is 4. The van der Waals surface area contributed by atoms with Gasteiger partial charge in [-0.1, -0.05) is 142 Å². The van der Waals surface area contributed by atoms with Crippen molar-refractivity contribution in [2.24, 2.45) is 0 Å². The number of nitrogens with zero attached hydrogens (tertiary/aromatic N) is 4. The van der Waals surface area contributed by atoms with E-state index in [4.69, 9.17) is 0 Å². The fourth-order valence-electron chi connectivity index (χ4n) is 8.05. The molecular weight excluding hydrogens is 681 g/mol. The quantitative estimate of drug-likeness (QED) is 0.0339. The van der Waals surface area contributed by atoms with Gasteiger partial charge in [0.25, 0.3) is 0 Å². The number of hydrogen-bond acceptors (Lipinski definition) is 0. The highest BCUT2D eigenvalue weighted by Gasteiger charge is 2.09. The van der Waals surface area contributed by atoms with E-state index in [0.717, 1.165) is 26.2 Å². The van der Waals surface area contributed by atoms with E-state index in [2.05, 4.69) is 130 Å². The van der Waals surface area contributed by atoms with Gasteiger partial charge in [0, 0.05) is 74.2 Å². The third-order valence-electron chi connectivity index (χ3n) is 11.9. The van der Waals surface area contributed by atoms with Gasteiger partial charge >= 0.3 is 0 Å². The van der Waals surface area contributed by atoms with Crippen molar-refractivity contribution in [2.45, 2.75) is 207 Å². The van der Waals surface area contributed by atoms with Gasteiger partial charge in [-0.25, -0.2) is 18.3 Å². The molecule has 0 aliphatic rings. The lowest BCUT2D eigenvalue weighted by atomic mass is 10.1. The molecule has 0 radical (unpaired) electrons. The second kappa shape index (κ2) is 29.8. The molecule has 0 aromatic carbocycles. The molecule has 4 nitrogen and oxygen atoms in total. The van der Waals surface area contributed by atoms with Gasteiger partial charge in [-0.3, -0.25) is 0 Å². The summed E-state index contributed by atoms with van der Waals surface area (Å²) in [5.41, 5.74) is 5.18. The predicted octanol–water partition coefficient (Wildman–Crippen LogP) is 13.1. The van der Waals surface area contributed by atoms with E-state index in [0.29, 0.717) is 0 Å². The Morgan fingerprint density at radius 2 is 0.393 bits per heavy atom. The molecule has 4 rings (SSSR count). The Morgan fingerprint density at radius 1 is 0.232 bits per heavy atom. The van der Waals surface area contributed by atoms with Crippen LogP contribution in [0.15, 0.2) is 98.1 Å². The van der Waals surface area contributed by atoms with Crippen molar-refractivity contribution in [3.05, 3.63) is 98.1 Å². The summed E-state index contributed by atoms with van der Waals surface area (Å²) in [6.45, 7) is 8.95. The first kappa shape index (κ1) is 45.3. The van der Waals surface area contributed by atoms with Crippen LogP contribution in [0, 0.1) is 0 Å². The van der Waals surface area contributed by atoms with Gasteiger partial charge in [-0.2, -0.15) is 0 Å². The summed E-state index contributed by atoms with van der Waals surface area (Å²) in [4.78, 5) is 0. The topological polar surface area (TPSA) is 15.5 Å². The average molecular weight is 763 g/mol. The molecule has 56 heavy (non-hydrogen) atoms. The smallest absolute Gasteiger partial charge is 0.169 e. The maximum absolute atomic E-state index is 2.35. The van der Waals surface area contributed by atoms with Gasteiger partial charge in [0.15, 0.2) is 49.6 Å². The lowest BCUT2D eigenvalue weighted by Gasteiger charge is -2.03. The lowest BCUT2D eigenvalue weighted by molar-refractivity contribution is -0.708. The Labute approximate surface area is 344 Å². The zero-order chi connectivity index (χ0) is 39.1. The SMILES string of the molecule is CCCCCCCCCCCCCC[n+]1ccc(-c2cc[n+](CCCC[n+]3ccc(-c4cc[n+](CCCCCCCCCCCCCC)cc4)cc3)cc2)cc1. The molecule has 0 N–H and O–H groups in total. The molecule has 0 spiro atoms. The van der Waals surface area contributed by atoms with Gasteiger partial charge < -0.3 is 0 Å². The molecule has 4 heterocycles. The highest BCUT2D eigenvalue weighted by Crippen LogP contribution is 2.18. The molecule has 0 unspecified atom stereocenters. The summed E-state index contributed by atoms with van der Waals surface area (Å²) < 4.78 is 9.36. The van der Waals surface area contributed by atoms with Crippen molar-refractivity contribution in [3.8, 4) is 22.3 Å². The van der Waals surface area contributed by atoms with E-state index < -0.39 is 0 Å². The van der Waals surface area contributed by atoms with Crippen LogP contribution in [-0.2, 0) is 26.2 Å². The summed E-state index contributed by atoms with van der Waals surface area (Å²) in [6, 6.07) is 18.2. The van der Waals surface area contributed by atoms with E-state index in [9.17, 15) is 0 Å². The van der Waals surface area contributed by atoms with Crippen molar-refractivity contribution in [1.29, 1.82) is 0 Å². The van der Waals surface area contributed by atoms with Crippen LogP contribution in [0.3, 0.4) is 0 Å². The molecule has 4 aromatic heterocycles. The normalized spacial score (nSPS) is 11.4. The molecule has 306 valence electrons. The summed E-state index contributed by atoms with van der Waals surface area (Å²) in [7, 11) is 0. The largest absolute Gasteiger partial charge is 0.205 e. The predicted molar refractivity (Wildman–Crippen MR) is 236 cm³/mol. The number of unbranched alkanes of at least 4 members (excludes halogenated alkanes) is 23. The Balaban J connectivity index is 1.02. The van der Waals surface area contributed by atoms with Gasteiger partial charge in [0.05, 0.1) is 0 Å². The van der Waals surface area contributed by atoms with Crippen molar-refractivity contribution >= 4 is 0 Å². The van der Waals surface area contributed by atoms with Crippen molar-refractivity contribution in [1.82, 2.24) is 0 Å². The number of aryl methyl sites for hydroxylation is 4. The number of hydrogen-bond donors (Lipinski definition) is 0. The second-order valence-electron chi connectivity index (χ2n) is 16.8. The van der Waals surface area contributed by atoms with Gasteiger partial charge in [0.1, 0.15) is 26.2 Å². The fraction of sp³-hybridized carbons (Fsp3) is 0.615. The zero-order valence-electron chi connectivity index (χ0n) is 36.2.